The first-order valence-electron chi connectivity index (χ1n) is 1.36. The van der Waals surface area contributed by atoms with E-state index in [1.54, 1.807) is 0 Å². The van der Waals surface area contributed by atoms with Gasteiger partial charge in [0.05, 0.1) is 0 Å². The fourth-order valence-corrected chi connectivity index (χ4v) is 2.30. The molecule has 0 radical (unpaired) electrons. The summed E-state index contributed by atoms with van der Waals surface area (Å²) in [5.74, 6) is -0.404. The van der Waals surface area contributed by atoms with Gasteiger partial charge in [0.2, 0.25) is 0 Å². The van der Waals surface area contributed by atoms with E-state index in [2.05, 4.69) is 0 Å². The van der Waals surface area contributed by atoms with E-state index in [1.807, 2.05) is 0 Å². The van der Waals surface area contributed by atoms with Crippen LogP contribution in [0.15, 0.2) is 0 Å². The van der Waals surface area contributed by atoms with E-state index < -0.39 is 5.97 Å². The Morgan fingerprint density at radius 3 is 2.50 bits per heavy atom. The first kappa shape index (κ1) is 6.76. The number of hydrogen-bond acceptors (Lipinski definition) is 2. The zero-order chi connectivity index (χ0) is 4.99. The van der Waals surface area contributed by atoms with E-state index in [9.17, 15) is 4.79 Å². The molecular weight excluding hydrogens is 289 g/mol. The topological polar surface area (TPSA) is 37.3 Å². The van der Waals surface area contributed by atoms with E-state index in [0.717, 1.165) is 0 Å². The third-order valence-corrected chi connectivity index (χ3v) is 3.06. The van der Waals surface area contributed by atoms with Crippen molar-refractivity contribution >= 4 is 14.2 Å². The van der Waals surface area contributed by atoms with Crippen molar-refractivity contribution in [2.45, 2.75) is 0 Å². The Kier molecular flexibility index (Phi) is 4.42. The Balaban J connectivity index is 2.83. The van der Waals surface area contributed by atoms with E-state index in [-0.39, 0.29) is 0 Å². The Bertz CT molecular complexity index is 55.5. The number of rotatable bonds is 2. The van der Waals surface area contributed by atoms with Crippen molar-refractivity contribution < 1.29 is 34.5 Å². The fraction of sp³-hybridized carbons (Fsp3) is 0.500. The minimum absolute atomic E-state index is 0.295. The van der Waals surface area contributed by atoms with Gasteiger partial charge >= 0.3 is 54.5 Å². The van der Waals surface area contributed by atoms with E-state index in [4.69, 9.17) is 5.11 Å². The van der Waals surface area contributed by atoms with Gasteiger partial charge in [0.1, 0.15) is 0 Å². The van der Waals surface area contributed by atoms with Crippen LogP contribution in [0.5, 0.6) is 0 Å². The summed E-state index contributed by atoms with van der Waals surface area (Å²) in [7, 11) is 1.50. The van der Waals surface area contributed by atoms with Crippen molar-refractivity contribution in [2.75, 3.05) is 5.75 Å². The minimum atomic E-state index is -0.699. The molecule has 0 spiro atoms. The maximum atomic E-state index is 9.61. The van der Waals surface area contributed by atoms with Gasteiger partial charge in [0, 0.05) is 0 Å². The quantitative estimate of drug-likeness (QED) is 0.742. The maximum absolute atomic E-state index is 9.61. The molecular formula is C2H3HgO2S. The number of carbonyl (C=O) groups is 1. The van der Waals surface area contributed by atoms with Crippen molar-refractivity contribution in [1.82, 2.24) is 0 Å². The van der Waals surface area contributed by atoms with Gasteiger partial charge in [-0.2, -0.15) is 0 Å². The van der Waals surface area contributed by atoms with Crippen molar-refractivity contribution in [3.05, 3.63) is 0 Å². The summed E-state index contributed by atoms with van der Waals surface area (Å²) < 4.78 is 0. The second-order valence-corrected chi connectivity index (χ2v) is 6.20. The Morgan fingerprint density at radius 1 is 2.00 bits per heavy atom. The predicted octanol–water partition coefficient (Wildman–Crippen LogP) is 0.266. The average molecular weight is 292 g/mol. The van der Waals surface area contributed by atoms with E-state index >= 15 is 0 Å². The third-order valence-electron chi connectivity index (χ3n) is 0.226. The molecule has 0 aromatic rings. The van der Waals surface area contributed by atoms with Crippen molar-refractivity contribution in [3.8, 4) is 0 Å². The SMILES string of the molecule is O=C(O)C[S][Hg]. The second kappa shape index (κ2) is 3.93. The molecule has 0 rings (SSSR count). The summed E-state index contributed by atoms with van der Waals surface area (Å²) in [4.78, 5) is 9.61. The summed E-state index contributed by atoms with van der Waals surface area (Å²) in [5, 5.41) is 7.92. The van der Waals surface area contributed by atoms with Gasteiger partial charge in [-0.15, -0.1) is 0 Å². The third kappa shape index (κ3) is 4.76. The molecule has 0 aromatic carbocycles. The second-order valence-electron chi connectivity index (χ2n) is 0.742. The summed E-state index contributed by atoms with van der Waals surface area (Å²) in [6, 6.07) is 0. The first-order chi connectivity index (χ1) is 2.77. The molecule has 1 N–H and O–H groups in total. The van der Waals surface area contributed by atoms with Crippen LogP contribution in [0.25, 0.3) is 0 Å². The number of carboxylic acids is 1. The molecule has 0 aliphatic heterocycles. The van der Waals surface area contributed by atoms with Gasteiger partial charge in [-0.25, -0.2) is 0 Å². The van der Waals surface area contributed by atoms with Crippen molar-refractivity contribution in [3.63, 3.8) is 0 Å². The van der Waals surface area contributed by atoms with Gasteiger partial charge in [-0.3, -0.25) is 0 Å². The molecule has 0 saturated carbocycles. The Hall–Kier alpha value is 0.755. The van der Waals surface area contributed by atoms with Crippen LogP contribution in [0.4, 0.5) is 0 Å². The van der Waals surface area contributed by atoms with Gasteiger partial charge in [0.25, 0.3) is 0 Å². The van der Waals surface area contributed by atoms with E-state index in [0.29, 0.717) is 30.4 Å². The molecule has 0 amide bonds. The first-order valence-corrected chi connectivity index (χ1v) is 9.25. The molecule has 2 nitrogen and oxygen atoms in total. The van der Waals surface area contributed by atoms with E-state index in [1.165, 1.54) is 8.24 Å². The van der Waals surface area contributed by atoms with Gasteiger partial charge in [-0.05, 0) is 0 Å². The van der Waals surface area contributed by atoms with Crippen LogP contribution >= 0.6 is 8.24 Å². The molecule has 6 heavy (non-hydrogen) atoms. The van der Waals surface area contributed by atoms with Gasteiger partial charge in [-0.1, -0.05) is 0 Å². The monoisotopic (exact) mass is 293 g/mol. The zero-order valence-corrected chi connectivity index (χ0v) is 9.49. The van der Waals surface area contributed by atoms with Crippen LogP contribution in [0.3, 0.4) is 0 Å². The van der Waals surface area contributed by atoms with Gasteiger partial charge < -0.3 is 0 Å². The van der Waals surface area contributed by atoms with Crippen molar-refractivity contribution in [2.24, 2.45) is 0 Å². The molecule has 0 aromatic heterocycles. The molecule has 31 valence electrons. The predicted molar refractivity (Wildman–Crippen MR) is 20.1 cm³/mol. The molecule has 0 unspecified atom stereocenters. The summed E-state index contributed by atoms with van der Waals surface area (Å²) in [5.41, 5.74) is 0. The standard InChI is InChI=1S/C2H4O2S.Hg/c3-2(4)1-5;/h5H,1H2,(H,3,4);/q;+1/p-1. The Morgan fingerprint density at radius 2 is 2.50 bits per heavy atom. The van der Waals surface area contributed by atoms with Crippen LogP contribution in [-0.2, 0) is 29.4 Å². The molecule has 0 atom stereocenters. The zero-order valence-electron chi connectivity index (χ0n) is 3.18. The molecule has 0 aliphatic rings. The molecule has 0 saturated heterocycles. The Labute approximate surface area is 54.4 Å². The summed E-state index contributed by atoms with van der Waals surface area (Å²) in [6.07, 6.45) is 0. The molecule has 4 heteroatoms. The van der Waals surface area contributed by atoms with Crippen LogP contribution < -0.4 is 0 Å². The fourth-order valence-electron chi connectivity index (χ4n) is 0.0873. The van der Waals surface area contributed by atoms with Crippen LogP contribution in [0, 0.1) is 0 Å². The number of aliphatic carboxylic acids is 1. The average Bonchev–Trinajstić information content (AvgIpc) is 1.35. The molecule has 0 aliphatic carbocycles. The molecule has 0 fully saturated rings. The van der Waals surface area contributed by atoms with Crippen molar-refractivity contribution in [1.29, 1.82) is 0 Å². The summed E-state index contributed by atoms with van der Waals surface area (Å²) in [6.45, 7) is 0. The van der Waals surface area contributed by atoms with Crippen LogP contribution in [0.1, 0.15) is 0 Å². The van der Waals surface area contributed by atoms with Crippen LogP contribution in [-0.4, -0.2) is 16.8 Å². The van der Waals surface area contributed by atoms with Gasteiger partial charge in [0.15, 0.2) is 0 Å². The van der Waals surface area contributed by atoms with Crippen LogP contribution in [0.2, 0.25) is 0 Å². The summed E-state index contributed by atoms with van der Waals surface area (Å²) >= 11 is 0.589. The normalized spacial score (nSPS) is 8.33. The molecule has 0 bridgehead atoms. The number of carboxylic acid groups (broad SMARTS) is 1. The number of hydrogen-bond donors (Lipinski definition) is 1. The molecule has 0 heterocycles.